The first-order valence-electron chi connectivity index (χ1n) is 10.3. The first kappa shape index (κ1) is 14.7. The van der Waals surface area contributed by atoms with E-state index in [4.69, 9.17) is 0 Å². The maximum absolute atomic E-state index is 11.8. The lowest BCUT2D eigenvalue weighted by atomic mass is 9.48. The fourth-order valence-electron chi connectivity index (χ4n) is 8.91. The summed E-state index contributed by atoms with van der Waals surface area (Å²) in [5.74, 6) is 6.01. The van der Waals surface area contributed by atoms with Gasteiger partial charge in [0.05, 0.1) is 0 Å². The molecule has 0 radical (unpaired) electrons. The summed E-state index contributed by atoms with van der Waals surface area (Å²) in [5, 5.41) is 0. The highest BCUT2D eigenvalue weighted by Crippen LogP contribution is 2.85. The summed E-state index contributed by atoms with van der Waals surface area (Å²) in [6.07, 6.45) is 12.4. The fraction of sp³-hybridized carbons (Fsp3) is 0.864. The van der Waals surface area contributed by atoms with Gasteiger partial charge in [0, 0.05) is 6.42 Å². The van der Waals surface area contributed by atoms with Crippen molar-refractivity contribution in [2.75, 3.05) is 0 Å². The molecule has 0 N–H and O–H groups in total. The van der Waals surface area contributed by atoms with Crippen LogP contribution in [0.4, 0.5) is 0 Å². The molecule has 0 heterocycles. The Morgan fingerprint density at radius 1 is 1.17 bits per heavy atom. The molecule has 5 rings (SSSR count). The van der Waals surface area contributed by atoms with E-state index in [2.05, 4.69) is 20.8 Å². The Labute approximate surface area is 141 Å². The van der Waals surface area contributed by atoms with Crippen LogP contribution in [0.15, 0.2) is 11.6 Å². The van der Waals surface area contributed by atoms with Crippen LogP contribution in [0.2, 0.25) is 0 Å². The molecule has 1 nitrogen and oxygen atoms in total. The van der Waals surface area contributed by atoms with Crippen molar-refractivity contribution in [3.63, 3.8) is 0 Å². The molecule has 0 aromatic carbocycles. The van der Waals surface area contributed by atoms with E-state index in [0.29, 0.717) is 16.6 Å². The molecule has 6 unspecified atom stereocenters. The zero-order valence-corrected chi connectivity index (χ0v) is 15.1. The van der Waals surface area contributed by atoms with Crippen LogP contribution in [0, 0.1) is 46.3 Å². The van der Waals surface area contributed by atoms with Gasteiger partial charge in [0.25, 0.3) is 0 Å². The van der Waals surface area contributed by atoms with Gasteiger partial charge in [-0.1, -0.05) is 32.8 Å². The quantitative estimate of drug-likeness (QED) is 0.633. The number of carbonyl (C=O) groups excluding carboxylic acids is 1. The monoisotopic (exact) mass is 312 g/mol. The van der Waals surface area contributed by atoms with Crippen molar-refractivity contribution in [1.29, 1.82) is 0 Å². The van der Waals surface area contributed by atoms with E-state index >= 15 is 0 Å². The number of carbonyl (C=O) groups is 1. The van der Waals surface area contributed by atoms with Crippen molar-refractivity contribution in [3.05, 3.63) is 11.6 Å². The molecule has 126 valence electrons. The van der Waals surface area contributed by atoms with E-state index in [1.54, 1.807) is 0 Å². The van der Waals surface area contributed by atoms with Crippen molar-refractivity contribution in [3.8, 4) is 0 Å². The zero-order chi connectivity index (χ0) is 16.0. The standard InChI is InChI=1S/C22H32O/c1-4-15-12-20-13(2)22(20)19-8-5-14-11-16(23)6-7-17(14)18(19)9-10-21(15,22)3/h11,13,15,17-20H,4-10,12H2,1-3H3/t13-,15?,17?,18?,19-,20?,21?,22?/m1/s1. The SMILES string of the molecule is CCC1CC2[C@@H](C)C23[C@@H]2CCC4=CC(=O)CCC4C2CCC13C. The molecule has 0 aliphatic heterocycles. The first-order valence-corrected chi connectivity index (χ1v) is 10.3. The Morgan fingerprint density at radius 2 is 2.00 bits per heavy atom. The van der Waals surface area contributed by atoms with E-state index in [0.717, 1.165) is 48.3 Å². The minimum absolute atomic E-state index is 0.401. The Kier molecular flexibility index (Phi) is 2.90. The number of hydrogen-bond donors (Lipinski definition) is 0. The summed E-state index contributed by atoms with van der Waals surface area (Å²) in [5.41, 5.74) is 2.85. The third-order valence-corrected chi connectivity index (χ3v) is 9.70. The van der Waals surface area contributed by atoms with Crippen LogP contribution in [0.5, 0.6) is 0 Å². The number of fused-ring (bicyclic) bond motifs is 3. The predicted molar refractivity (Wildman–Crippen MR) is 92.9 cm³/mol. The molecule has 4 fully saturated rings. The number of hydrogen-bond acceptors (Lipinski definition) is 1. The number of allylic oxidation sites excluding steroid dienone is 1. The zero-order valence-electron chi connectivity index (χ0n) is 15.1. The van der Waals surface area contributed by atoms with Crippen LogP contribution in [-0.4, -0.2) is 5.78 Å². The van der Waals surface area contributed by atoms with Crippen LogP contribution < -0.4 is 0 Å². The smallest absolute Gasteiger partial charge is 0.155 e. The summed E-state index contributed by atoms with van der Waals surface area (Å²) >= 11 is 0. The van der Waals surface area contributed by atoms with Crippen LogP contribution in [0.25, 0.3) is 0 Å². The minimum atomic E-state index is 0.401. The normalized spacial score (nSPS) is 57.0. The van der Waals surface area contributed by atoms with Crippen molar-refractivity contribution in [1.82, 2.24) is 0 Å². The van der Waals surface area contributed by atoms with Gasteiger partial charge in [0.15, 0.2) is 5.78 Å². The summed E-state index contributed by atoms with van der Waals surface area (Å²) in [6, 6.07) is 0. The van der Waals surface area contributed by atoms with Gasteiger partial charge >= 0.3 is 0 Å². The van der Waals surface area contributed by atoms with Gasteiger partial charge in [-0.25, -0.2) is 0 Å². The van der Waals surface area contributed by atoms with E-state index in [1.807, 2.05) is 6.08 Å². The van der Waals surface area contributed by atoms with E-state index in [1.165, 1.54) is 44.1 Å². The van der Waals surface area contributed by atoms with Gasteiger partial charge in [0.2, 0.25) is 0 Å². The number of ketones is 1. The van der Waals surface area contributed by atoms with Crippen molar-refractivity contribution in [2.45, 2.75) is 72.1 Å². The summed E-state index contributed by atoms with van der Waals surface area (Å²) in [7, 11) is 0. The molecule has 1 spiro atoms. The summed E-state index contributed by atoms with van der Waals surface area (Å²) in [4.78, 5) is 11.8. The Balaban J connectivity index is 1.53. The first-order chi connectivity index (χ1) is 11.0. The van der Waals surface area contributed by atoms with Crippen LogP contribution in [-0.2, 0) is 4.79 Å². The Morgan fingerprint density at radius 3 is 2.78 bits per heavy atom. The third kappa shape index (κ3) is 1.54. The molecule has 5 aliphatic rings. The lowest BCUT2D eigenvalue weighted by molar-refractivity contribution is -0.116. The highest BCUT2D eigenvalue weighted by atomic mass is 16.1. The van der Waals surface area contributed by atoms with E-state index in [9.17, 15) is 4.79 Å². The molecule has 1 heteroatoms. The maximum Gasteiger partial charge on any atom is 0.155 e. The Bertz CT molecular complexity index is 589. The van der Waals surface area contributed by atoms with Crippen molar-refractivity contribution >= 4 is 5.78 Å². The van der Waals surface area contributed by atoms with Crippen molar-refractivity contribution in [2.24, 2.45) is 46.3 Å². The van der Waals surface area contributed by atoms with Gasteiger partial charge in [-0.3, -0.25) is 4.79 Å². The molecule has 8 atom stereocenters. The Hall–Kier alpha value is -0.590. The summed E-state index contributed by atoms with van der Waals surface area (Å²) in [6.45, 7) is 7.68. The maximum atomic E-state index is 11.8. The second-order valence-electron chi connectivity index (χ2n) is 9.76. The lowest BCUT2D eigenvalue weighted by Crippen LogP contribution is -2.50. The van der Waals surface area contributed by atoms with Crippen LogP contribution >= 0.6 is 0 Å². The highest BCUT2D eigenvalue weighted by Gasteiger charge is 2.80. The summed E-state index contributed by atoms with van der Waals surface area (Å²) < 4.78 is 0. The lowest BCUT2D eigenvalue weighted by Gasteiger charge is -2.57. The average molecular weight is 312 g/mol. The number of rotatable bonds is 1. The molecule has 0 saturated heterocycles. The second-order valence-corrected chi connectivity index (χ2v) is 9.76. The van der Waals surface area contributed by atoms with Gasteiger partial charge in [-0.2, -0.15) is 0 Å². The van der Waals surface area contributed by atoms with E-state index < -0.39 is 0 Å². The van der Waals surface area contributed by atoms with Gasteiger partial charge in [-0.05, 0) is 90.9 Å². The van der Waals surface area contributed by atoms with Gasteiger partial charge in [-0.15, -0.1) is 0 Å². The molecule has 0 aromatic rings. The molecular formula is C22H32O. The van der Waals surface area contributed by atoms with E-state index in [-0.39, 0.29) is 0 Å². The van der Waals surface area contributed by atoms with Gasteiger partial charge in [0.1, 0.15) is 0 Å². The predicted octanol–water partition coefficient (Wildman–Crippen LogP) is 5.40. The molecule has 0 aromatic heterocycles. The molecule has 0 bridgehead atoms. The molecule has 0 amide bonds. The second kappa shape index (κ2) is 4.52. The third-order valence-electron chi connectivity index (χ3n) is 9.70. The largest absolute Gasteiger partial charge is 0.295 e. The molecule has 4 saturated carbocycles. The topological polar surface area (TPSA) is 17.1 Å². The molecule has 5 aliphatic carbocycles. The fourth-order valence-corrected chi connectivity index (χ4v) is 8.91. The molecule has 23 heavy (non-hydrogen) atoms. The average Bonchev–Trinajstić information content (AvgIpc) is 3.00. The minimum Gasteiger partial charge on any atom is -0.295 e. The van der Waals surface area contributed by atoms with Crippen LogP contribution in [0.3, 0.4) is 0 Å². The van der Waals surface area contributed by atoms with Crippen molar-refractivity contribution < 1.29 is 4.79 Å². The van der Waals surface area contributed by atoms with Crippen LogP contribution in [0.1, 0.15) is 72.1 Å². The molecular weight excluding hydrogens is 280 g/mol. The van der Waals surface area contributed by atoms with Gasteiger partial charge < -0.3 is 0 Å². The highest BCUT2D eigenvalue weighted by molar-refractivity contribution is 5.91.